The van der Waals surface area contributed by atoms with Crippen LogP contribution in [0.25, 0.3) is 0 Å². The SMILES string of the molecule is CC1(C)c2ccccc2C(Cl)(C=O)N1c1cncc(CN2CCCC2=O)c1. The second kappa shape index (κ2) is 6.34. The molecule has 6 heteroatoms. The Balaban J connectivity index is 1.75. The summed E-state index contributed by atoms with van der Waals surface area (Å²) in [6.07, 6.45) is 5.79. The number of anilines is 1. The van der Waals surface area contributed by atoms with Gasteiger partial charge in [-0.1, -0.05) is 35.9 Å². The maximum atomic E-state index is 12.1. The summed E-state index contributed by atoms with van der Waals surface area (Å²) in [7, 11) is 0. The molecule has 1 amide bonds. The normalized spacial score (nSPS) is 23.6. The smallest absolute Gasteiger partial charge is 0.222 e. The van der Waals surface area contributed by atoms with Crippen molar-refractivity contribution in [1.82, 2.24) is 9.88 Å². The quantitative estimate of drug-likeness (QED) is 0.460. The van der Waals surface area contributed by atoms with Gasteiger partial charge in [0, 0.05) is 31.3 Å². The molecule has 1 aromatic heterocycles. The van der Waals surface area contributed by atoms with E-state index in [-0.39, 0.29) is 5.91 Å². The fourth-order valence-electron chi connectivity index (χ4n) is 4.37. The highest BCUT2D eigenvalue weighted by atomic mass is 35.5. The number of aromatic nitrogens is 1. The van der Waals surface area contributed by atoms with E-state index >= 15 is 0 Å². The highest BCUT2D eigenvalue weighted by molar-refractivity contribution is 6.33. The number of fused-ring (bicyclic) bond motifs is 1. The molecule has 1 atom stereocenters. The summed E-state index contributed by atoms with van der Waals surface area (Å²) in [5, 5.41) is 0. The van der Waals surface area contributed by atoms with Gasteiger partial charge in [-0.15, -0.1) is 0 Å². The summed E-state index contributed by atoms with van der Waals surface area (Å²) < 4.78 is 0. The molecule has 1 unspecified atom stereocenters. The Bertz CT molecular complexity index is 914. The van der Waals surface area contributed by atoms with Gasteiger partial charge in [0.15, 0.2) is 11.3 Å². The molecule has 0 spiro atoms. The second-order valence-electron chi connectivity index (χ2n) is 7.70. The maximum Gasteiger partial charge on any atom is 0.222 e. The van der Waals surface area contributed by atoms with E-state index in [4.69, 9.17) is 11.6 Å². The van der Waals surface area contributed by atoms with E-state index < -0.39 is 10.5 Å². The molecule has 0 radical (unpaired) electrons. The Labute approximate surface area is 163 Å². The van der Waals surface area contributed by atoms with Crippen LogP contribution in [0.2, 0.25) is 0 Å². The average Bonchev–Trinajstić information content (AvgIpc) is 3.13. The van der Waals surface area contributed by atoms with Crippen LogP contribution in [0.3, 0.4) is 0 Å². The molecule has 4 rings (SSSR count). The number of carbonyl (C=O) groups excluding carboxylic acids is 2. The van der Waals surface area contributed by atoms with Crippen molar-refractivity contribution < 1.29 is 9.59 Å². The lowest BCUT2D eigenvalue weighted by atomic mass is 9.93. The number of alkyl halides is 1. The lowest BCUT2D eigenvalue weighted by Crippen LogP contribution is -2.47. The van der Waals surface area contributed by atoms with Gasteiger partial charge in [0.05, 0.1) is 17.4 Å². The zero-order chi connectivity index (χ0) is 19.2. The molecule has 2 aliphatic heterocycles. The van der Waals surface area contributed by atoms with Crippen molar-refractivity contribution >= 4 is 29.5 Å². The van der Waals surface area contributed by atoms with Gasteiger partial charge in [-0.05, 0) is 37.5 Å². The summed E-state index contributed by atoms with van der Waals surface area (Å²) in [5.41, 5.74) is 3.03. The van der Waals surface area contributed by atoms with Crippen LogP contribution in [0.15, 0.2) is 42.7 Å². The largest absolute Gasteiger partial charge is 0.338 e. The van der Waals surface area contributed by atoms with Gasteiger partial charge in [-0.2, -0.15) is 0 Å². The molecule has 1 saturated heterocycles. The molecule has 3 heterocycles. The van der Waals surface area contributed by atoms with Crippen molar-refractivity contribution in [2.45, 2.75) is 43.8 Å². The molecule has 0 aliphatic carbocycles. The molecule has 5 nitrogen and oxygen atoms in total. The van der Waals surface area contributed by atoms with Crippen LogP contribution < -0.4 is 4.90 Å². The predicted molar refractivity (Wildman–Crippen MR) is 104 cm³/mol. The summed E-state index contributed by atoms with van der Waals surface area (Å²) in [6, 6.07) is 9.74. The molecule has 1 aromatic carbocycles. The van der Waals surface area contributed by atoms with E-state index in [1.807, 2.05) is 40.1 Å². The van der Waals surface area contributed by atoms with Gasteiger partial charge >= 0.3 is 0 Å². The highest BCUT2D eigenvalue weighted by Crippen LogP contribution is 2.52. The number of likely N-dealkylation sites (tertiary alicyclic amines) is 1. The van der Waals surface area contributed by atoms with Crippen LogP contribution in [0, 0.1) is 0 Å². The number of hydrogen-bond acceptors (Lipinski definition) is 4. The van der Waals surface area contributed by atoms with Crippen molar-refractivity contribution in [2.75, 3.05) is 11.4 Å². The molecule has 27 heavy (non-hydrogen) atoms. The molecule has 0 saturated carbocycles. The number of benzene rings is 1. The van der Waals surface area contributed by atoms with Crippen molar-refractivity contribution in [2.24, 2.45) is 0 Å². The van der Waals surface area contributed by atoms with Gasteiger partial charge < -0.3 is 9.80 Å². The summed E-state index contributed by atoms with van der Waals surface area (Å²) >= 11 is 6.88. The van der Waals surface area contributed by atoms with Gasteiger partial charge in [-0.25, -0.2) is 0 Å². The van der Waals surface area contributed by atoms with E-state index in [1.165, 1.54) is 0 Å². The van der Waals surface area contributed by atoms with Crippen molar-refractivity contribution in [3.05, 3.63) is 59.4 Å². The lowest BCUT2D eigenvalue weighted by Gasteiger charge is -2.40. The molecular weight excluding hydrogens is 362 g/mol. The third kappa shape index (κ3) is 2.72. The summed E-state index contributed by atoms with van der Waals surface area (Å²) in [4.78, 5) is 30.9. The minimum atomic E-state index is -1.29. The lowest BCUT2D eigenvalue weighted by molar-refractivity contribution is -0.128. The van der Waals surface area contributed by atoms with Crippen molar-refractivity contribution in [3.8, 4) is 0 Å². The van der Waals surface area contributed by atoms with Crippen LogP contribution in [0.1, 0.15) is 43.4 Å². The van der Waals surface area contributed by atoms with Gasteiger partial charge in [-0.3, -0.25) is 14.6 Å². The molecule has 2 aliphatic rings. The third-order valence-electron chi connectivity index (χ3n) is 5.59. The topological polar surface area (TPSA) is 53.5 Å². The molecular formula is C21H22ClN3O2. The number of halogens is 1. The van der Waals surface area contributed by atoms with Crippen LogP contribution in [0.4, 0.5) is 5.69 Å². The van der Waals surface area contributed by atoms with E-state index in [2.05, 4.69) is 18.8 Å². The Hall–Kier alpha value is -2.40. The minimum absolute atomic E-state index is 0.175. The summed E-state index contributed by atoms with van der Waals surface area (Å²) in [5.74, 6) is 0.175. The number of hydrogen-bond donors (Lipinski definition) is 0. The average molecular weight is 384 g/mol. The Morgan fingerprint density at radius 3 is 2.63 bits per heavy atom. The molecule has 0 bridgehead atoms. The number of nitrogens with zero attached hydrogens (tertiary/aromatic N) is 3. The number of pyridine rings is 1. The number of aldehydes is 1. The van der Waals surface area contributed by atoms with E-state index in [0.29, 0.717) is 13.0 Å². The third-order valence-corrected chi connectivity index (χ3v) is 6.05. The van der Waals surface area contributed by atoms with Crippen molar-refractivity contribution in [3.63, 3.8) is 0 Å². The standard InChI is InChI=1S/C21H22ClN3O2/c1-20(2)17-6-3-4-7-18(17)21(22,14-26)25(20)16-10-15(11-23-12-16)13-24-9-5-8-19(24)27/h3-4,6-7,10-12,14H,5,8-9,13H2,1-2H3. The van der Waals surface area contributed by atoms with Crippen LogP contribution >= 0.6 is 11.6 Å². The number of carbonyl (C=O) groups is 2. The first kappa shape index (κ1) is 18.0. The highest BCUT2D eigenvalue weighted by Gasteiger charge is 2.53. The Kier molecular flexibility index (Phi) is 4.22. The predicted octanol–water partition coefficient (Wildman–Crippen LogP) is 3.55. The molecule has 0 N–H and O–H groups in total. The Morgan fingerprint density at radius 2 is 1.96 bits per heavy atom. The molecule has 2 aromatic rings. The van der Waals surface area contributed by atoms with E-state index in [0.717, 1.165) is 41.6 Å². The molecule has 140 valence electrons. The van der Waals surface area contributed by atoms with E-state index in [9.17, 15) is 9.59 Å². The van der Waals surface area contributed by atoms with Crippen LogP contribution in [0.5, 0.6) is 0 Å². The monoisotopic (exact) mass is 383 g/mol. The fraction of sp³-hybridized carbons (Fsp3) is 0.381. The second-order valence-corrected chi connectivity index (χ2v) is 8.28. The minimum Gasteiger partial charge on any atom is -0.338 e. The first-order valence-corrected chi connectivity index (χ1v) is 9.53. The number of amides is 1. The van der Waals surface area contributed by atoms with Gasteiger partial charge in [0.2, 0.25) is 5.91 Å². The van der Waals surface area contributed by atoms with E-state index in [1.54, 1.807) is 12.4 Å². The first-order chi connectivity index (χ1) is 12.9. The van der Waals surface area contributed by atoms with Crippen molar-refractivity contribution in [1.29, 1.82) is 0 Å². The molecule has 1 fully saturated rings. The zero-order valence-electron chi connectivity index (χ0n) is 15.5. The zero-order valence-corrected chi connectivity index (χ0v) is 16.2. The fourth-order valence-corrected chi connectivity index (χ4v) is 4.84. The van der Waals surface area contributed by atoms with Gasteiger partial charge in [0.1, 0.15) is 0 Å². The van der Waals surface area contributed by atoms with Crippen LogP contribution in [-0.4, -0.2) is 28.6 Å². The first-order valence-electron chi connectivity index (χ1n) is 9.15. The maximum absolute atomic E-state index is 12.1. The van der Waals surface area contributed by atoms with Crippen LogP contribution in [-0.2, 0) is 26.7 Å². The Morgan fingerprint density at radius 1 is 1.22 bits per heavy atom. The number of rotatable bonds is 4. The summed E-state index contributed by atoms with van der Waals surface area (Å²) in [6.45, 7) is 5.40. The van der Waals surface area contributed by atoms with Gasteiger partial charge in [0.25, 0.3) is 0 Å².